The number of carbonyl (C=O) groups excluding carboxylic acids is 1. The Bertz CT molecular complexity index is 726. The molecule has 132 valence electrons. The van der Waals surface area contributed by atoms with Gasteiger partial charge in [0.15, 0.2) is 6.29 Å². The molecule has 0 radical (unpaired) electrons. The van der Waals surface area contributed by atoms with Crippen LogP contribution in [0.1, 0.15) is 22.2 Å². The SMILES string of the molecule is O=C(NC1(CO)COC(c2ccccc2)OC1)c1c(Cl)cccc1Cl. The van der Waals surface area contributed by atoms with Crippen LogP contribution in [0.5, 0.6) is 0 Å². The lowest BCUT2D eigenvalue weighted by molar-refractivity contribution is -0.221. The fourth-order valence-electron chi connectivity index (χ4n) is 2.58. The van der Waals surface area contributed by atoms with E-state index in [0.717, 1.165) is 5.56 Å². The lowest BCUT2D eigenvalue weighted by Gasteiger charge is -2.39. The van der Waals surface area contributed by atoms with Gasteiger partial charge in [-0.05, 0) is 12.1 Å². The Morgan fingerprint density at radius 2 is 1.68 bits per heavy atom. The van der Waals surface area contributed by atoms with Crippen LogP contribution in [-0.2, 0) is 9.47 Å². The topological polar surface area (TPSA) is 67.8 Å². The van der Waals surface area contributed by atoms with Gasteiger partial charge in [0.05, 0.1) is 35.4 Å². The maximum atomic E-state index is 12.6. The third kappa shape index (κ3) is 3.97. The molecule has 1 fully saturated rings. The van der Waals surface area contributed by atoms with Gasteiger partial charge in [-0.3, -0.25) is 4.79 Å². The molecule has 7 heteroatoms. The molecule has 2 N–H and O–H groups in total. The van der Waals surface area contributed by atoms with Crippen molar-refractivity contribution >= 4 is 29.1 Å². The largest absolute Gasteiger partial charge is 0.394 e. The minimum atomic E-state index is -1.06. The Balaban J connectivity index is 1.72. The summed E-state index contributed by atoms with van der Waals surface area (Å²) in [5.74, 6) is -0.491. The third-order valence-electron chi connectivity index (χ3n) is 3.96. The van der Waals surface area contributed by atoms with Crippen molar-refractivity contribution in [3.05, 3.63) is 69.7 Å². The lowest BCUT2D eigenvalue weighted by atomic mass is 10.0. The molecule has 1 aliphatic heterocycles. The van der Waals surface area contributed by atoms with Crippen molar-refractivity contribution in [2.45, 2.75) is 11.8 Å². The molecule has 1 aliphatic rings. The normalized spacial score (nSPS) is 23.2. The van der Waals surface area contributed by atoms with E-state index in [0.29, 0.717) is 0 Å². The van der Waals surface area contributed by atoms with Crippen LogP contribution in [0.25, 0.3) is 0 Å². The Labute approximate surface area is 155 Å². The summed E-state index contributed by atoms with van der Waals surface area (Å²) in [6.07, 6.45) is -0.540. The summed E-state index contributed by atoms with van der Waals surface area (Å²) >= 11 is 12.1. The van der Waals surface area contributed by atoms with Gasteiger partial charge in [-0.1, -0.05) is 59.6 Å². The molecule has 2 aromatic carbocycles. The van der Waals surface area contributed by atoms with Crippen LogP contribution < -0.4 is 5.32 Å². The van der Waals surface area contributed by atoms with Gasteiger partial charge < -0.3 is 19.9 Å². The van der Waals surface area contributed by atoms with E-state index in [1.54, 1.807) is 18.2 Å². The number of aliphatic hydroxyl groups excluding tert-OH is 1. The van der Waals surface area contributed by atoms with E-state index in [4.69, 9.17) is 32.7 Å². The van der Waals surface area contributed by atoms with Crippen LogP contribution >= 0.6 is 23.2 Å². The molecular formula is C18H17Cl2NO4. The second-order valence-electron chi connectivity index (χ2n) is 5.85. The second kappa shape index (κ2) is 7.72. The Morgan fingerprint density at radius 3 is 2.24 bits per heavy atom. The van der Waals surface area contributed by atoms with Crippen molar-refractivity contribution in [1.29, 1.82) is 0 Å². The number of rotatable bonds is 4. The van der Waals surface area contributed by atoms with E-state index < -0.39 is 17.7 Å². The first-order valence-electron chi connectivity index (χ1n) is 7.70. The first-order chi connectivity index (χ1) is 12.0. The summed E-state index contributed by atoms with van der Waals surface area (Å²) in [5.41, 5.74) is -0.0384. The number of nitrogens with one attached hydrogen (secondary N) is 1. The summed E-state index contributed by atoms with van der Waals surface area (Å²) in [7, 11) is 0. The number of amides is 1. The average molecular weight is 382 g/mol. The molecular weight excluding hydrogens is 365 g/mol. The zero-order chi connectivity index (χ0) is 17.9. The van der Waals surface area contributed by atoms with Gasteiger partial charge >= 0.3 is 0 Å². The zero-order valence-electron chi connectivity index (χ0n) is 13.2. The molecule has 0 aromatic heterocycles. The highest BCUT2D eigenvalue weighted by molar-refractivity contribution is 6.39. The molecule has 2 aromatic rings. The van der Waals surface area contributed by atoms with Gasteiger partial charge in [0.1, 0.15) is 5.54 Å². The predicted molar refractivity (Wildman–Crippen MR) is 94.8 cm³/mol. The van der Waals surface area contributed by atoms with E-state index in [9.17, 15) is 9.90 Å². The predicted octanol–water partition coefficient (Wildman–Crippen LogP) is 3.20. The molecule has 1 saturated heterocycles. The molecule has 3 rings (SSSR count). The number of hydrogen-bond acceptors (Lipinski definition) is 4. The van der Waals surface area contributed by atoms with Crippen molar-refractivity contribution in [3.63, 3.8) is 0 Å². The standard InChI is InChI=1S/C18H17Cl2NO4/c19-13-7-4-8-14(20)15(13)16(23)21-18(9-22)10-24-17(25-11-18)12-5-2-1-3-6-12/h1-8,17,22H,9-11H2,(H,21,23). The van der Waals surface area contributed by atoms with E-state index >= 15 is 0 Å². The van der Waals surface area contributed by atoms with Crippen LogP contribution in [0.4, 0.5) is 0 Å². The van der Waals surface area contributed by atoms with Crippen LogP contribution in [0.2, 0.25) is 10.0 Å². The van der Waals surface area contributed by atoms with Crippen molar-refractivity contribution in [3.8, 4) is 0 Å². The molecule has 25 heavy (non-hydrogen) atoms. The smallest absolute Gasteiger partial charge is 0.254 e. The first-order valence-corrected chi connectivity index (χ1v) is 8.46. The summed E-state index contributed by atoms with van der Waals surface area (Å²) in [6, 6.07) is 14.3. The first kappa shape index (κ1) is 18.2. The molecule has 0 unspecified atom stereocenters. The lowest BCUT2D eigenvalue weighted by Crippen LogP contribution is -2.60. The number of ether oxygens (including phenoxy) is 2. The van der Waals surface area contributed by atoms with Gasteiger partial charge in [0.2, 0.25) is 0 Å². The fourth-order valence-corrected chi connectivity index (χ4v) is 3.15. The van der Waals surface area contributed by atoms with Crippen molar-refractivity contribution < 1.29 is 19.4 Å². The molecule has 0 saturated carbocycles. The minimum absolute atomic E-state index is 0.0941. The summed E-state index contributed by atoms with van der Waals surface area (Å²) in [4.78, 5) is 12.6. The summed E-state index contributed by atoms with van der Waals surface area (Å²) in [6.45, 7) is -0.157. The van der Waals surface area contributed by atoms with Gasteiger partial charge in [-0.2, -0.15) is 0 Å². The van der Waals surface area contributed by atoms with Crippen LogP contribution in [0.15, 0.2) is 48.5 Å². The highest BCUT2D eigenvalue weighted by Crippen LogP contribution is 2.29. The average Bonchev–Trinajstić information content (AvgIpc) is 2.63. The molecule has 0 aliphatic carbocycles. The van der Waals surface area contributed by atoms with Crippen molar-refractivity contribution in [2.75, 3.05) is 19.8 Å². The number of benzene rings is 2. The molecule has 0 atom stereocenters. The van der Waals surface area contributed by atoms with Crippen LogP contribution in [-0.4, -0.2) is 36.4 Å². The highest BCUT2D eigenvalue weighted by Gasteiger charge is 2.39. The third-order valence-corrected chi connectivity index (χ3v) is 4.59. The fraction of sp³-hybridized carbons (Fsp3) is 0.278. The van der Waals surface area contributed by atoms with E-state index in [1.165, 1.54) is 0 Å². The number of aliphatic hydroxyl groups is 1. The summed E-state index contributed by atoms with van der Waals surface area (Å²) in [5, 5.41) is 13.0. The maximum Gasteiger partial charge on any atom is 0.254 e. The Kier molecular flexibility index (Phi) is 5.61. The quantitative estimate of drug-likeness (QED) is 0.852. The Hall–Kier alpha value is -1.63. The molecule has 1 heterocycles. The number of carbonyl (C=O) groups is 1. The van der Waals surface area contributed by atoms with Gasteiger partial charge in [-0.25, -0.2) is 0 Å². The molecule has 0 spiro atoms. The van der Waals surface area contributed by atoms with E-state index in [-0.39, 0.29) is 35.4 Å². The van der Waals surface area contributed by atoms with Crippen molar-refractivity contribution in [1.82, 2.24) is 5.32 Å². The summed E-state index contributed by atoms with van der Waals surface area (Å²) < 4.78 is 11.4. The molecule has 1 amide bonds. The monoisotopic (exact) mass is 381 g/mol. The minimum Gasteiger partial charge on any atom is -0.394 e. The molecule has 5 nitrogen and oxygen atoms in total. The van der Waals surface area contributed by atoms with Crippen LogP contribution in [0, 0.1) is 0 Å². The zero-order valence-corrected chi connectivity index (χ0v) is 14.8. The Morgan fingerprint density at radius 1 is 1.08 bits per heavy atom. The highest BCUT2D eigenvalue weighted by atomic mass is 35.5. The van der Waals surface area contributed by atoms with Crippen LogP contribution in [0.3, 0.4) is 0 Å². The number of halogens is 2. The maximum absolute atomic E-state index is 12.6. The van der Waals surface area contributed by atoms with Gasteiger partial charge in [0, 0.05) is 5.56 Å². The van der Waals surface area contributed by atoms with Gasteiger partial charge in [0.25, 0.3) is 5.91 Å². The van der Waals surface area contributed by atoms with Crippen molar-refractivity contribution in [2.24, 2.45) is 0 Å². The number of hydrogen-bond donors (Lipinski definition) is 2. The molecule has 0 bridgehead atoms. The van der Waals surface area contributed by atoms with E-state index in [1.807, 2.05) is 30.3 Å². The van der Waals surface area contributed by atoms with Gasteiger partial charge in [-0.15, -0.1) is 0 Å². The van der Waals surface area contributed by atoms with E-state index in [2.05, 4.69) is 5.32 Å². The second-order valence-corrected chi connectivity index (χ2v) is 6.67.